The topological polar surface area (TPSA) is 66.8 Å². The molecular weight excluding hydrogens is 244 g/mol. The van der Waals surface area contributed by atoms with Gasteiger partial charge in [0.25, 0.3) is 0 Å². The van der Waals surface area contributed by atoms with E-state index in [1.807, 2.05) is 13.0 Å². The van der Waals surface area contributed by atoms with Gasteiger partial charge in [-0.2, -0.15) is 0 Å². The molecule has 2 aromatic rings. The quantitative estimate of drug-likeness (QED) is 0.884. The van der Waals surface area contributed by atoms with E-state index in [1.165, 1.54) is 12.1 Å². The maximum absolute atomic E-state index is 11.1. The van der Waals surface area contributed by atoms with Gasteiger partial charge in [-0.1, -0.05) is 17.7 Å². The van der Waals surface area contributed by atoms with Crippen molar-refractivity contribution in [1.29, 1.82) is 0 Å². The number of carboxylic acids is 1. The number of hydrogen-bond acceptors (Lipinski definition) is 3. The lowest BCUT2D eigenvalue weighted by Crippen LogP contribution is -2.06. The van der Waals surface area contributed by atoms with Gasteiger partial charge < -0.3 is 14.9 Å². The minimum absolute atomic E-state index is 0.161. The minimum Gasteiger partial charge on any atom is -0.508 e. The Morgan fingerprint density at radius 2 is 1.84 bits per heavy atom. The number of hydrogen-bond donors (Lipinski definition) is 2. The van der Waals surface area contributed by atoms with E-state index in [9.17, 15) is 4.79 Å². The predicted octanol–water partition coefficient (Wildman–Crippen LogP) is 2.98. The average molecular weight is 258 g/mol. The fourth-order valence-corrected chi connectivity index (χ4v) is 1.72. The molecule has 0 radical (unpaired) electrons. The molecular formula is C15H14O4. The number of carbonyl (C=O) groups is 1. The van der Waals surface area contributed by atoms with Crippen LogP contribution in [0.25, 0.3) is 0 Å². The van der Waals surface area contributed by atoms with Crippen LogP contribution in [0.2, 0.25) is 0 Å². The molecule has 4 heteroatoms. The first-order valence-corrected chi connectivity index (χ1v) is 5.81. The molecule has 0 aliphatic heterocycles. The molecule has 0 aliphatic carbocycles. The zero-order valence-corrected chi connectivity index (χ0v) is 10.5. The van der Waals surface area contributed by atoms with Crippen LogP contribution in [-0.2, 0) is 6.61 Å². The summed E-state index contributed by atoms with van der Waals surface area (Å²) in [4.78, 5) is 11.1. The van der Waals surface area contributed by atoms with Crippen molar-refractivity contribution in [2.45, 2.75) is 13.5 Å². The highest BCUT2D eigenvalue weighted by molar-refractivity contribution is 5.89. The molecule has 98 valence electrons. The number of aryl methyl sites for hydroxylation is 1. The molecule has 2 aromatic carbocycles. The summed E-state index contributed by atoms with van der Waals surface area (Å²) in [6.07, 6.45) is 0. The first-order chi connectivity index (χ1) is 9.06. The molecule has 0 saturated carbocycles. The van der Waals surface area contributed by atoms with Gasteiger partial charge >= 0.3 is 5.97 Å². The van der Waals surface area contributed by atoms with Crippen LogP contribution in [0.5, 0.6) is 11.5 Å². The Labute approximate surface area is 110 Å². The van der Waals surface area contributed by atoms with E-state index in [-0.39, 0.29) is 17.9 Å². The molecule has 0 heterocycles. The Bertz CT molecular complexity index is 588. The highest BCUT2D eigenvalue weighted by Gasteiger charge is 2.10. The van der Waals surface area contributed by atoms with Crippen molar-refractivity contribution in [2.75, 3.05) is 0 Å². The lowest BCUT2D eigenvalue weighted by Gasteiger charge is -2.09. The van der Waals surface area contributed by atoms with Gasteiger partial charge in [0.1, 0.15) is 18.1 Å². The van der Waals surface area contributed by atoms with E-state index in [1.54, 1.807) is 24.3 Å². The summed E-state index contributed by atoms with van der Waals surface area (Å²) >= 11 is 0. The number of benzene rings is 2. The smallest absolute Gasteiger partial charge is 0.336 e. The highest BCUT2D eigenvalue weighted by Crippen LogP contribution is 2.19. The van der Waals surface area contributed by atoms with Crippen molar-refractivity contribution >= 4 is 5.97 Å². The van der Waals surface area contributed by atoms with Crippen molar-refractivity contribution in [2.24, 2.45) is 0 Å². The SMILES string of the molecule is Cc1ccc(COc2ccc(O)cc2)c(C(=O)O)c1. The standard InChI is InChI=1S/C15H14O4/c1-10-2-3-11(14(8-10)15(17)18)9-19-13-6-4-12(16)5-7-13/h2-8,16H,9H2,1H3,(H,17,18). The first-order valence-electron chi connectivity index (χ1n) is 5.81. The predicted molar refractivity (Wildman–Crippen MR) is 70.6 cm³/mol. The Kier molecular flexibility index (Phi) is 3.71. The average Bonchev–Trinajstić information content (AvgIpc) is 2.39. The second-order valence-electron chi connectivity index (χ2n) is 4.25. The second-order valence-corrected chi connectivity index (χ2v) is 4.25. The van der Waals surface area contributed by atoms with E-state index in [2.05, 4.69) is 0 Å². The summed E-state index contributed by atoms with van der Waals surface area (Å²) in [7, 11) is 0. The summed E-state index contributed by atoms with van der Waals surface area (Å²) < 4.78 is 5.50. The fraction of sp³-hybridized carbons (Fsp3) is 0.133. The van der Waals surface area contributed by atoms with Crippen LogP contribution in [0.1, 0.15) is 21.5 Å². The number of rotatable bonds is 4. The Morgan fingerprint density at radius 3 is 2.47 bits per heavy atom. The van der Waals surface area contributed by atoms with Gasteiger partial charge in [0.05, 0.1) is 5.56 Å². The summed E-state index contributed by atoms with van der Waals surface area (Å²) in [5.74, 6) is -0.225. The third kappa shape index (κ3) is 3.25. The van der Waals surface area contributed by atoms with E-state index >= 15 is 0 Å². The summed E-state index contributed by atoms with van der Waals surface area (Å²) in [6, 6.07) is 11.5. The lowest BCUT2D eigenvalue weighted by atomic mass is 10.1. The van der Waals surface area contributed by atoms with Gasteiger partial charge in [0.15, 0.2) is 0 Å². The molecule has 0 amide bonds. The molecule has 19 heavy (non-hydrogen) atoms. The van der Waals surface area contributed by atoms with Gasteiger partial charge in [-0.25, -0.2) is 4.79 Å². The summed E-state index contributed by atoms with van der Waals surface area (Å²) in [6.45, 7) is 2.02. The van der Waals surface area contributed by atoms with Crippen LogP contribution in [0.3, 0.4) is 0 Å². The normalized spacial score (nSPS) is 10.2. The number of phenols is 1. The zero-order valence-electron chi connectivity index (χ0n) is 10.5. The van der Waals surface area contributed by atoms with Crippen molar-refractivity contribution in [3.05, 3.63) is 59.2 Å². The van der Waals surface area contributed by atoms with Crippen LogP contribution in [0, 0.1) is 6.92 Å². The van der Waals surface area contributed by atoms with Crippen LogP contribution in [0.15, 0.2) is 42.5 Å². The molecule has 0 aromatic heterocycles. The molecule has 0 bridgehead atoms. The molecule has 0 saturated heterocycles. The molecule has 2 N–H and O–H groups in total. The number of ether oxygens (including phenoxy) is 1. The van der Waals surface area contributed by atoms with Gasteiger partial charge in [-0.05, 0) is 37.3 Å². The van der Waals surface area contributed by atoms with Crippen LogP contribution in [-0.4, -0.2) is 16.2 Å². The highest BCUT2D eigenvalue weighted by atomic mass is 16.5. The fourth-order valence-electron chi connectivity index (χ4n) is 1.72. The Hall–Kier alpha value is -2.49. The van der Waals surface area contributed by atoms with E-state index in [0.29, 0.717) is 11.3 Å². The lowest BCUT2D eigenvalue weighted by molar-refractivity contribution is 0.0694. The van der Waals surface area contributed by atoms with Gasteiger partial charge in [-0.3, -0.25) is 0 Å². The van der Waals surface area contributed by atoms with Crippen molar-refractivity contribution < 1.29 is 19.7 Å². The van der Waals surface area contributed by atoms with Crippen molar-refractivity contribution in [3.8, 4) is 11.5 Å². The number of carboxylic acid groups (broad SMARTS) is 1. The zero-order chi connectivity index (χ0) is 13.8. The number of aromatic carboxylic acids is 1. The number of aromatic hydroxyl groups is 1. The van der Waals surface area contributed by atoms with Crippen LogP contribution in [0.4, 0.5) is 0 Å². The van der Waals surface area contributed by atoms with Gasteiger partial charge in [0.2, 0.25) is 0 Å². The molecule has 0 aliphatic rings. The monoisotopic (exact) mass is 258 g/mol. The van der Waals surface area contributed by atoms with Gasteiger partial charge in [0, 0.05) is 5.56 Å². The molecule has 0 atom stereocenters. The van der Waals surface area contributed by atoms with E-state index < -0.39 is 5.97 Å². The molecule has 4 nitrogen and oxygen atoms in total. The third-order valence-electron chi connectivity index (χ3n) is 2.73. The summed E-state index contributed by atoms with van der Waals surface area (Å²) in [5, 5.41) is 18.3. The first kappa shape index (κ1) is 13.0. The molecule has 0 spiro atoms. The molecule has 2 rings (SSSR count). The Balaban J connectivity index is 2.15. The third-order valence-corrected chi connectivity index (χ3v) is 2.73. The maximum atomic E-state index is 11.1. The van der Waals surface area contributed by atoms with Crippen LogP contribution < -0.4 is 4.74 Å². The second kappa shape index (κ2) is 5.44. The van der Waals surface area contributed by atoms with Crippen molar-refractivity contribution in [3.63, 3.8) is 0 Å². The minimum atomic E-state index is -0.965. The Morgan fingerprint density at radius 1 is 1.16 bits per heavy atom. The van der Waals surface area contributed by atoms with Gasteiger partial charge in [-0.15, -0.1) is 0 Å². The van der Waals surface area contributed by atoms with Crippen LogP contribution >= 0.6 is 0 Å². The molecule has 0 fully saturated rings. The largest absolute Gasteiger partial charge is 0.508 e. The summed E-state index contributed by atoms with van der Waals surface area (Å²) in [5.41, 5.74) is 1.76. The number of phenolic OH excluding ortho intramolecular Hbond substituents is 1. The van der Waals surface area contributed by atoms with Crippen molar-refractivity contribution in [1.82, 2.24) is 0 Å². The van der Waals surface area contributed by atoms with E-state index in [4.69, 9.17) is 14.9 Å². The molecule has 0 unspecified atom stereocenters. The van der Waals surface area contributed by atoms with E-state index in [0.717, 1.165) is 5.56 Å². The maximum Gasteiger partial charge on any atom is 0.336 e.